The third-order valence-electron chi connectivity index (χ3n) is 1.88. The first-order valence-electron chi connectivity index (χ1n) is 4.57. The van der Waals surface area contributed by atoms with Crippen molar-refractivity contribution in [2.24, 2.45) is 7.05 Å². The summed E-state index contributed by atoms with van der Waals surface area (Å²) in [6, 6.07) is 0. The molecule has 0 aliphatic rings. The zero-order valence-corrected chi connectivity index (χ0v) is 8.76. The lowest BCUT2D eigenvalue weighted by Gasteiger charge is -2.03. The predicted octanol–water partition coefficient (Wildman–Crippen LogP) is -0.470. The molecule has 2 aromatic heterocycles. The minimum atomic E-state index is -0.384. The summed E-state index contributed by atoms with van der Waals surface area (Å²) in [7, 11) is 1.69. The molecule has 80 valence electrons. The van der Waals surface area contributed by atoms with Crippen molar-refractivity contribution in [1.82, 2.24) is 24.4 Å². The van der Waals surface area contributed by atoms with Crippen LogP contribution in [0.4, 0.5) is 0 Å². The van der Waals surface area contributed by atoms with E-state index in [0.717, 1.165) is 0 Å². The first-order valence-corrected chi connectivity index (χ1v) is 4.57. The number of aromatic nitrogens is 5. The van der Waals surface area contributed by atoms with E-state index >= 15 is 0 Å². The Morgan fingerprint density at radius 1 is 1.40 bits per heavy atom. The zero-order valence-electron chi connectivity index (χ0n) is 8.76. The summed E-state index contributed by atoms with van der Waals surface area (Å²) in [5.74, 6) is 0.969. The van der Waals surface area contributed by atoms with Crippen LogP contribution in [0.3, 0.4) is 0 Å². The van der Waals surface area contributed by atoms with Gasteiger partial charge in [-0.1, -0.05) is 0 Å². The summed E-state index contributed by atoms with van der Waals surface area (Å²) >= 11 is 0. The molecule has 0 saturated carbocycles. The molecule has 0 N–H and O–H groups in total. The van der Waals surface area contributed by atoms with E-state index in [0.29, 0.717) is 18.2 Å². The summed E-state index contributed by atoms with van der Waals surface area (Å²) in [6.45, 7) is 3.89. The number of nitrogens with zero attached hydrogens (tertiary/aromatic N) is 5. The Bertz CT molecular complexity index is 556. The highest BCUT2D eigenvalue weighted by atomic mass is 16.5. The van der Waals surface area contributed by atoms with E-state index in [9.17, 15) is 4.79 Å². The Morgan fingerprint density at radius 2 is 2.13 bits per heavy atom. The van der Waals surface area contributed by atoms with Gasteiger partial charge in [0.1, 0.15) is 5.82 Å². The lowest BCUT2D eigenvalue weighted by molar-refractivity contribution is 0.310. The predicted molar refractivity (Wildman–Crippen MR) is 51.9 cm³/mol. The fraction of sp³-hybridized carbons (Fsp3) is 0.500. The summed E-state index contributed by atoms with van der Waals surface area (Å²) < 4.78 is 7.75. The van der Waals surface area contributed by atoms with Crippen LogP contribution in [0.5, 0.6) is 5.88 Å². The van der Waals surface area contributed by atoms with Crippen molar-refractivity contribution in [3.63, 3.8) is 0 Å². The van der Waals surface area contributed by atoms with Crippen molar-refractivity contribution in [3.05, 3.63) is 16.2 Å². The van der Waals surface area contributed by atoms with Crippen molar-refractivity contribution in [2.45, 2.75) is 13.8 Å². The van der Waals surface area contributed by atoms with Crippen molar-refractivity contribution < 1.29 is 4.74 Å². The topological polar surface area (TPSA) is 74.3 Å². The van der Waals surface area contributed by atoms with Crippen LogP contribution in [-0.4, -0.2) is 31.0 Å². The SMILES string of the molecule is CCOc1nn(C)c2nc(C)nn2c1=O. The largest absolute Gasteiger partial charge is 0.473 e. The van der Waals surface area contributed by atoms with E-state index < -0.39 is 0 Å². The van der Waals surface area contributed by atoms with Crippen LogP contribution in [0.25, 0.3) is 5.78 Å². The molecule has 0 unspecified atom stereocenters. The second-order valence-electron chi connectivity index (χ2n) is 3.04. The fourth-order valence-corrected chi connectivity index (χ4v) is 1.29. The molecule has 0 fully saturated rings. The molecule has 0 atom stereocenters. The number of hydrogen-bond donors (Lipinski definition) is 0. The lowest BCUT2D eigenvalue weighted by atomic mass is 10.7. The van der Waals surface area contributed by atoms with E-state index in [1.807, 2.05) is 0 Å². The summed E-state index contributed by atoms with van der Waals surface area (Å²) in [5.41, 5.74) is -0.384. The number of ether oxygens (including phenoxy) is 1. The lowest BCUT2D eigenvalue weighted by Crippen LogP contribution is -2.23. The third kappa shape index (κ3) is 1.45. The molecule has 0 aromatic carbocycles. The molecule has 2 heterocycles. The number of rotatable bonds is 2. The molecule has 7 nitrogen and oxygen atoms in total. The van der Waals surface area contributed by atoms with Crippen LogP contribution in [0.15, 0.2) is 4.79 Å². The third-order valence-corrected chi connectivity index (χ3v) is 1.88. The quantitative estimate of drug-likeness (QED) is 0.668. The van der Waals surface area contributed by atoms with Crippen molar-refractivity contribution in [3.8, 4) is 5.88 Å². The second-order valence-corrected chi connectivity index (χ2v) is 3.04. The van der Waals surface area contributed by atoms with E-state index in [1.54, 1.807) is 20.9 Å². The number of aryl methyl sites for hydroxylation is 2. The minimum absolute atomic E-state index is 0.0393. The molecule has 7 heteroatoms. The van der Waals surface area contributed by atoms with Crippen molar-refractivity contribution in [2.75, 3.05) is 6.61 Å². The molecule has 0 bridgehead atoms. The van der Waals surface area contributed by atoms with Crippen LogP contribution >= 0.6 is 0 Å². The van der Waals surface area contributed by atoms with E-state index in [-0.39, 0.29) is 11.4 Å². The Labute approximate surface area is 85.3 Å². The first kappa shape index (κ1) is 9.63. The van der Waals surface area contributed by atoms with E-state index in [2.05, 4.69) is 15.2 Å². The van der Waals surface area contributed by atoms with Gasteiger partial charge in [-0.25, -0.2) is 4.68 Å². The van der Waals surface area contributed by atoms with Crippen LogP contribution < -0.4 is 10.3 Å². The summed E-state index contributed by atoms with van der Waals surface area (Å²) in [4.78, 5) is 15.8. The number of fused-ring (bicyclic) bond motifs is 1. The monoisotopic (exact) mass is 209 g/mol. The molecule has 0 spiro atoms. The van der Waals surface area contributed by atoms with Crippen molar-refractivity contribution >= 4 is 5.78 Å². The maximum absolute atomic E-state index is 11.7. The molecule has 0 saturated heterocycles. The maximum Gasteiger partial charge on any atom is 0.338 e. The molecule has 15 heavy (non-hydrogen) atoms. The summed E-state index contributed by atoms with van der Waals surface area (Å²) in [6.07, 6.45) is 0. The standard InChI is InChI=1S/C8H11N5O2/c1-4-15-6-7(14)13-8(12(3)11-6)9-5(2)10-13/h4H2,1-3H3. The van der Waals surface area contributed by atoms with E-state index in [4.69, 9.17) is 4.74 Å². The molecular formula is C8H11N5O2. The Kier molecular flexibility index (Phi) is 2.14. The highest BCUT2D eigenvalue weighted by Crippen LogP contribution is 2.00. The number of hydrogen-bond acceptors (Lipinski definition) is 5. The van der Waals surface area contributed by atoms with Gasteiger partial charge in [-0.15, -0.1) is 10.2 Å². The van der Waals surface area contributed by atoms with Crippen LogP contribution in [-0.2, 0) is 7.05 Å². The fourth-order valence-electron chi connectivity index (χ4n) is 1.29. The van der Waals surface area contributed by atoms with Gasteiger partial charge in [0, 0.05) is 7.05 Å². The van der Waals surface area contributed by atoms with Gasteiger partial charge in [-0.3, -0.25) is 4.79 Å². The van der Waals surface area contributed by atoms with Crippen molar-refractivity contribution in [1.29, 1.82) is 0 Å². The van der Waals surface area contributed by atoms with Gasteiger partial charge in [-0.05, 0) is 13.8 Å². The smallest absolute Gasteiger partial charge is 0.338 e. The molecule has 0 aliphatic heterocycles. The average molecular weight is 209 g/mol. The molecule has 0 radical (unpaired) electrons. The molecular weight excluding hydrogens is 198 g/mol. The van der Waals surface area contributed by atoms with E-state index in [1.165, 1.54) is 9.20 Å². The van der Waals surface area contributed by atoms with Gasteiger partial charge >= 0.3 is 11.4 Å². The van der Waals surface area contributed by atoms with Gasteiger partial charge in [0.05, 0.1) is 6.61 Å². The van der Waals surface area contributed by atoms with Gasteiger partial charge in [0.25, 0.3) is 5.78 Å². The van der Waals surface area contributed by atoms with Gasteiger partial charge in [-0.2, -0.15) is 9.50 Å². The normalized spacial score (nSPS) is 10.9. The minimum Gasteiger partial charge on any atom is -0.473 e. The molecule has 2 aromatic rings. The highest BCUT2D eigenvalue weighted by Gasteiger charge is 2.12. The molecule has 2 rings (SSSR count). The second kappa shape index (κ2) is 3.34. The Morgan fingerprint density at radius 3 is 2.80 bits per heavy atom. The van der Waals surface area contributed by atoms with Gasteiger partial charge in [0.2, 0.25) is 0 Å². The Balaban J connectivity index is 2.78. The molecule has 0 amide bonds. The summed E-state index contributed by atoms with van der Waals surface area (Å²) in [5, 5.41) is 7.93. The van der Waals surface area contributed by atoms with Crippen LogP contribution in [0.2, 0.25) is 0 Å². The Hall–Kier alpha value is -1.92. The molecule has 0 aliphatic carbocycles. The maximum atomic E-state index is 11.7. The van der Waals surface area contributed by atoms with Crippen LogP contribution in [0.1, 0.15) is 12.7 Å². The van der Waals surface area contributed by atoms with Gasteiger partial charge in [0.15, 0.2) is 0 Å². The first-order chi connectivity index (χ1) is 7.13. The van der Waals surface area contributed by atoms with Crippen LogP contribution in [0, 0.1) is 6.92 Å². The zero-order chi connectivity index (χ0) is 11.0. The van der Waals surface area contributed by atoms with Gasteiger partial charge < -0.3 is 4.74 Å². The average Bonchev–Trinajstić information content (AvgIpc) is 2.57. The highest BCUT2D eigenvalue weighted by molar-refractivity contribution is 5.27.